The van der Waals surface area contributed by atoms with E-state index in [1.54, 1.807) is 6.07 Å². The van der Waals surface area contributed by atoms with Gasteiger partial charge in [-0.1, -0.05) is 44.2 Å². The Morgan fingerprint density at radius 3 is 2.48 bits per heavy atom. The minimum absolute atomic E-state index is 0.239. The van der Waals surface area contributed by atoms with Crippen LogP contribution < -0.4 is 14.4 Å². The van der Waals surface area contributed by atoms with Gasteiger partial charge in [0.2, 0.25) is 15.9 Å². The molecular weight excluding hydrogens is 412 g/mol. The average molecular weight is 445 g/mol. The van der Waals surface area contributed by atoms with Gasteiger partial charge in [-0.25, -0.2) is 8.42 Å². The van der Waals surface area contributed by atoms with Crippen molar-refractivity contribution in [3.8, 4) is 5.75 Å². The maximum absolute atomic E-state index is 13.1. The number of aryl methyl sites for hydroxylation is 2. The van der Waals surface area contributed by atoms with E-state index in [-0.39, 0.29) is 24.1 Å². The fourth-order valence-electron chi connectivity index (χ4n) is 4.17. The highest BCUT2D eigenvalue weighted by Crippen LogP contribution is 2.42. The highest BCUT2D eigenvalue weighted by Gasteiger charge is 2.39. The third-order valence-corrected chi connectivity index (χ3v) is 7.27. The van der Waals surface area contributed by atoms with Gasteiger partial charge in [0.25, 0.3) is 0 Å². The first kappa shape index (κ1) is 23.1. The Balaban J connectivity index is 1.88. The predicted molar refractivity (Wildman–Crippen MR) is 124 cm³/mol. The van der Waals surface area contributed by atoms with Crippen molar-refractivity contribution < 1.29 is 17.9 Å². The molecule has 1 aliphatic rings. The number of nitrogens with one attached hydrogen (secondary N) is 1. The molecule has 0 spiro atoms. The summed E-state index contributed by atoms with van der Waals surface area (Å²) in [5.74, 6) is 0.436. The molecule has 0 fully saturated rings. The summed E-state index contributed by atoms with van der Waals surface area (Å²) in [5.41, 5.74) is 2.84. The molecule has 7 heteroatoms. The summed E-state index contributed by atoms with van der Waals surface area (Å²) in [6.07, 6.45) is 3.42. The Morgan fingerprint density at radius 2 is 1.84 bits per heavy atom. The van der Waals surface area contributed by atoms with Gasteiger partial charge in [0.1, 0.15) is 17.9 Å². The molecule has 3 rings (SSSR count). The van der Waals surface area contributed by atoms with Crippen LogP contribution in [-0.4, -0.2) is 32.7 Å². The van der Waals surface area contributed by atoms with Gasteiger partial charge >= 0.3 is 0 Å². The minimum atomic E-state index is -3.64. The second-order valence-electron chi connectivity index (χ2n) is 8.41. The van der Waals surface area contributed by atoms with Crippen LogP contribution in [-0.2, 0) is 14.8 Å². The van der Waals surface area contributed by atoms with Gasteiger partial charge in [0.05, 0.1) is 18.0 Å². The number of hydrogen-bond acceptors (Lipinski definition) is 4. The van der Waals surface area contributed by atoms with E-state index in [1.165, 1.54) is 4.31 Å². The minimum Gasteiger partial charge on any atom is -0.487 e. The summed E-state index contributed by atoms with van der Waals surface area (Å²) < 4.78 is 32.6. The van der Waals surface area contributed by atoms with Crippen molar-refractivity contribution in [3.63, 3.8) is 0 Å². The molecule has 1 amide bonds. The summed E-state index contributed by atoms with van der Waals surface area (Å²) in [6.45, 7) is 7.65. The highest BCUT2D eigenvalue weighted by atomic mass is 32.2. The van der Waals surface area contributed by atoms with Gasteiger partial charge in [-0.2, -0.15) is 0 Å². The number of benzene rings is 2. The van der Waals surface area contributed by atoms with Crippen molar-refractivity contribution in [3.05, 3.63) is 59.2 Å². The average Bonchev–Trinajstić information content (AvgIpc) is 2.73. The van der Waals surface area contributed by atoms with E-state index < -0.39 is 10.0 Å². The number of anilines is 1. The van der Waals surface area contributed by atoms with Crippen LogP contribution >= 0.6 is 0 Å². The first-order valence-corrected chi connectivity index (χ1v) is 12.6. The molecule has 0 radical (unpaired) electrons. The molecule has 31 heavy (non-hydrogen) atoms. The highest BCUT2D eigenvalue weighted by molar-refractivity contribution is 7.92. The molecule has 1 aliphatic heterocycles. The third-order valence-electron chi connectivity index (χ3n) is 6.14. The summed E-state index contributed by atoms with van der Waals surface area (Å²) in [6, 6.07) is 13.1. The number of amides is 1. The van der Waals surface area contributed by atoms with Gasteiger partial charge in [-0.05, 0) is 49.9 Å². The normalized spacial score (nSPS) is 17.4. The van der Waals surface area contributed by atoms with Gasteiger partial charge in [-0.15, -0.1) is 0 Å². The van der Waals surface area contributed by atoms with Crippen molar-refractivity contribution in [1.29, 1.82) is 0 Å². The largest absolute Gasteiger partial charge is 0.487 e. The summed E-state index contributed by atoms with van der Waals surface area (Å²) >= 11 is 0. The van der Waals surface area contributed by atoms with Crippen LogP contribution in [0.5, 0.6) is 5.75 Å². The van der Waals surface area contributed by atoms with E-state index in [2.05, 4.69) is 19.2 Å². The molecule has 2 aromatic rings. The molecule has 6 nitrogen and oxygen atoms in total. The van der Waals surface area contributed by atoms with Crippen LogP contribution in [0.3, 0.4) is 0 Å². The number of carbonyl (C=O) groups excluding carboxylic acids is 1. The maximum Gasteiger partial charge on any atom is 0.241 e. The van der Waals surface area contributed by atoms with Crippen molar-refractivity contribution >= 4 is 21.6 Å². The van der Waals surface area contributed by atoms with Gasteiger partial charge in [0, 0.05) is 12.0 Å². The summed E-state index contributed by atoms with van der Waals surface area (Å²) in [7, 11) is -3.64. The first-order chi connectivity index (χ1) is 14.6. The Bertz CT molecular complexity index is 1060. The van der Waals surface area contributed by atoms with Crippen LogP contribution in [0.4, 0.5) is 5.69 Å². The number of hydrogen-bond donors (Lipinski definition) is 1. The zero-order valence-electron chi connectivity index (χ0n) is 18.9. The quantitative estimate of drug-likeness (QED) is 0.692. The summed E-state index contributed by atoms with van der Waals surface area (Å²) in [5, 5.41) is 3.08. The fourth-order valence-corrected chi connectivity index (χ4v) is 5.08. The van der Waals surface area contributed by atoms with Gasteiger partial charge < -0.3 is 10.1 Å². The second kappa shape index (κ2) is 8.91. The molecule has 1 heterocycles. The Kier molecular flexibility index (Phi) is 6.65. The van der Waals surface area contributed by atoms with E-state index in [9.17, 15) is 13.2 Å². The number of rotatable bonds is 7. The summed E-state index contributed by atoms with van der Waals surface area (Å²) in [4.78, 5) is 13.1. The molecule has 0 saturated carbocycles. The molecule has 0 aromatic heterocycles. The first-order valence-electron chi connectivity index (χ1n) is 10.7. The lowest BCUT2D eigenvalue weighted by atomic mass is 9.83. The molecule has 0 unspecified atom stereocenters. The standard InChI is InChI=1S/C24H32N2O4S/c1-6-24(7-2)15-20(19-10-8-9-11-22(19)30-24)25-23(27)16-26(31(5,28)29)21-14-17(3)12-13-18(21)4/h8-14,20H,6-7,15-16H2,1-5H3,(H,25,27)/t20-/m1/s1. The molecule has 1 atom stereocenters. The molecular formula is C24H32N2O4S. The lowest BCUT2D eigenvalue weighted by Crippen LogP contribution is -2.47. The zero-order chi connectivity index (χ0) is 22.8. The molecule has 0 bridgehead atoms. The third kappa shape index (κ3) is 5.03. The molecule has 0 aliphatic carbocycles. The van der Waals surface area contributed by atoms with E-state index in [0.29, 0.717) is 12.1 Å². The number of fused-ring (bicyclic) bond motifs is 1. The molecule has 168 valence electrons. The molecule has 2 aromatic carbocycles. The topological polar surface area (TPSA) is 75.7 Å². The zero-order valence-corrected chi connectivity index (χ0v) is 19.8. The van der Waals surface area contributed by atoms with Crippen LogP contribution in [0.15, 0.2) is 42.5 Å². The van der Waals surface area contributed by atoms with Crippen LogP contribution in [0, 0.1) is 13.8 Å². The number of para-hydroxylation sites is 1. The maximum atomic E-state index is 13.1. The van der Waals surface area contributed by atoms with E-state index >= 15 is 0 Å². The Labute approximate surface area is 185 Å². The lowest BCUT2D eigenvalue weighted by molar-refractivity contribution is -0.121. The SMILES string of the molecule is CCC1(CC)C[C@@H](NC(=O)CN(c2cc(C)ccc2C)S(C)(=O)=O)c2ccccc2O1. The molecule has 0 saturated heterocycles. The van der Waals surface area contributed by atoms with Crippen molar-refractivity contribution in [1.82, 2.24) is 5.32 Å². The smallest absolute Gasteiger partial charge is 0.241 e. The van der Waals surface area contributed by atoms with Crippen molar-refractivity contribution in [2.45, 2.75) is 58.6 Å². The second-order valence-corrected chi connectivity index (χ2v) is 10.3. The lowest BCUT2D eigenvalue weighted by Gasteiger charge is -2.41. The Hall–Kier alpha value is -2.54. The number of carbonyl (C=O) groups is 1. The van der Waals surface area contributed by atoms with E-state index in [1.807, 2.05) is 50.2 Å². The van der Waals surface area contributed by atoms with Crippen molar-refractivity contribution in [2.75, 3.05) is 17.1 Å². The fraction of sp³-hybridized carbons (Fsp3) is 0.458. The molecule has 1 N–H and O–H groups in total. The monoisotopic (exact) mass is 444 g/mol. The number of ether oxygens (including phenoxy) is 1. The van der Waals surface area contributed by atoms with E-state index in [4.69, 9.17) is 4.74 Å². The van der Waals surface area contributed by atoms with Crippen LogP contribution in [0.2, 0.25) is 0 Å². The van der Waals surface area contributed by atoms with Crippen LogP contribution in [0.25, 0.3) is 0 Å². The predicted octanol–water partition coefficient (Wildman–Crippen LogP) is 4.27. The van der Waals surface area contributed by atoms with Crippen LogP contribution in [0.1, 0.15) is 55.8 Å². The number of nitrogens with zero attached hydrogens (tertiary/aromatic N) is 1. The number of sulfonamides is 1. The van der Waals surface area contributed by atoms with E-state index in [0.717, 1.165) is 41.5 Å². The Morgan fingerprint density at radius 1 is 1.16 bits per heavy atom. The van der Waals surface area contributed by atoms with Gasteiger partial charge in [0.15, 0.2) is 0 Å². The van der Waals surface area contributed by atoms with Crippen molar-refractivity contribution in [2.24, 2.45) is 0 Å². The van der Waals surface area contributed by atoms with Gasteiger partial charge in [-0.3, -0.25) is 9.10 Å².